The molecule has 1 aliphatic carbocycles. The van der Waals surface area contributed by atoms with Crippen LogP contribution in [0.15, 0.2) is 24.3 Å². The molecule has 0 radical (unpaired) electrons. The third-order valence-electron chi connectivity index (χ3n) is 4.50. The maximum Gasteiger partial charge on any atom is 0.225 e. The van der Waals surface area contributed by atoms with Crippen molar-refractivity contribution >= 4 is 17.2 Å². The summed E-state index contributed by atoms with van der Waals surface area (Å²) in [7, 11) is 1.66. The molecule has 1 N–H and O–H groups in total. The van der Waals surface area contributed by atoms with E-state index in [2.05, 4.69) is 10.3 Å². The summed E-state index contributed by atoms with van der Waals surface area (Å²) >= 11 is 1.59. The highest BCUT2D eigenvalue weighted by Crippen LogP contribution is 2.30. The van der Waals surface area contributed by atoms with E-state index in [-0.39, 0.29) is 5.91 Å². The number of amides is 1. The third kappa shape index (κ3) is 4.15. The van der Waals surface area contributed by atoms with Crippen molar-refractivity contribution in [2.45, 2.75) is 51.5 Å². The van der Waals surface area contributed by atoms with E-state index in [1.807, 2.05) is 31.2 Å². The molecule has 1 heterocycles. The summed E-state index contributed by atoms with van der Waals surface area (Å²) in [6, 6.07) is 8.23. The number of aryl methyl sites for hydroxylation is 1. The molecule has 5 heteroatoms. The first-order chi connectivity index (χ1) is 11.7. The van der Waals surface area contributed by atoms with Gasteiger partial charge in [-0.05, 0) is 31.9 Å². The van der Waals surface area contributed by atoms with Gasteiger partial charge in [0.25, 0.3) is 0 Å². The second-order valence-electron chi connectivity index (χ2n) is 6.34. The van der Waals surface area contributed by atoms with Gasteiger partial charge in [0.2, 0.25) is 5.91 Å². The topological polar surface area (TPSA) is 51.2 Å². The molecule has 1 aromatic heterocycles. The highest BCUT2D eigenvalue weighted by atomic mass is 32.1. The second-order valence-corrected chi connectivity index (χ2v) is 7.42. The molecule has 1 saturated carbocycles. The minimum absolute atomic E-state index is 0.117. The summed E-state index contributed by atoms with van der Waals surface area (Å²) in [5, 5.41) is 4.12. The van der Waals surface area contributed by atoms with Gasteiger partial charge in [0.05, 0.1) is 19.2 Å². The number of ether oxygens (including phenoxy) is 1. The number of hydrogen-bond acceptors (Lipinski definition) is 4. The Kier molecular flexibility index (Phi) is 5.51. The standard InChI is InChI=1S/C19H24N2O2S/c1-13-17(12-18(22)21-15-8-4-3-5-9-15)24-19(20-13)14-7-6-10-16(11-14)23-2/h6-7,10-11,15H,3-5,8-9,12H2,1-2H3,(H,21,22). The molecule has 1 amide bonds. The number of methoxy groups -OCH3 is 1. The van der Waals surface area contributed by atoms with Crippen molar-refractivity contribution in [1.82, 2.24) is 10.3 Å². The first-order valence-corrected chi connectivity index (χ1v) is 9.37. The van der Waals surface area contributed by atoms with Crippen LogP contribution in [0.4, 0.5) is 0 Å². The lowest BCUT2D eigenvalue weighted by molar-refractivity contribution is -0.121. The zero-order valence-corrected chi connectivity index (χ0v) is 15.1. The van der Waals surface area contributed by atoms with Crippen LogP contribution >= 0.6 is 11.3 Å². The van der Waals surface area contributed by atoms with Gasteiger partial charge in [0.1, 0.15) is 10.8 Å². The van der Waals surface area contributed by atoms with Crippen molar-refractivity contribution in [2.75, 3.05) is 7.11 Å². The summed E-state index contributed by atoms with van der Waals surface area (Å²) in [6.07, 6.45) is 6.40. The first kappa shape index (κ1) is 17.0. The monoisotopic (exact) mass is 344 g/mol. The van der Waals surface area contributed by atoms with E-state index in [1.54, 1.807) is 18.4 Å². The van der Waals surface area contributed by atoms with Gasteiger partial charge in [-0.25, -0.2) is 4.98 Å². The molecule has 128 valence electrons. The van der Waals surface area contributed by atoms with Gasteiger partial charge in [-0.15, -0.1) is 11.3 Å². The number of nitrogens with one attached hydrogen (secondary N) is 1. The number of benzene rings is 1. The number of thiazole rings is 1. The lowest BCUT2D eigenvalue weighted by Gasteiger charge is -2.22. The van der Waals surface area contributed by atoms with Gasteiger partial charge in [-0.1, -0.05) is 31.4 Å². The maximum atomic E-state index is 12.3. The Bertz CT molecular complexity index is 705. The van der Waals surface area contributed by atoms with Crippen LogP contribution in [0.5, 0.6) is 5.75 Å². The van der Waals surface area contributed by atoms with E-state index >= 15 is 0 Å². The molecule has 0 unspecified atom stereocenters. The Hall–Kier alpha value is -1.88. The fourth-order valence-electron chi connectivity index (χ4n) is 3.14. The largest absolute Gasteiger partial charge is 0.497 e. The Morgan fingerprint density at radius 3 is 2.88 bits per heavy atom. The molecule has 0 aliphatic heterocycles. The predicted octanol–water partition coefficient (Wildman–Crippen LogP) is 4.12. The van der Waals surface area contributed by atoms with Crippen molar-refractivity contribution < 1.29 is 9.53 Å². The van der Waals surface area contributed by atoms with Gasteiger partial charge in [-0.2, -0.15) is 0 Å². The average Bonchev–Trinajstić information content (AvgIpc) is 2.96. The summed E-state index contributed by atoms with van der Waals surface area (Å²) in [4.78, 5) is 18.0. The van der Waals surface area contributed by atoms with Crippen LogP contribution < -0.4 is 10.1 Å². The fraction of sp³-hybridized carbons (Fsp3) is 0.474. The van der Waals surface area contributed by atoms with Crippen LogP contribution in [0.1, 0.15) is 42.7 Å². The summed E-state index contributed by atoms with van der Waals surface area (Å²) < 4.78 is 5.28. The van der Waals surface area contributed by atoms with E-state index in [1.165, 1.54) is 19.3 Å². The maximum absolute atomic E-state index is 12.3. The number of carbonyl (C=O) groups excluding carboxylic acids is 1. The summed E-state index contributed by atoms with van der Waals surface area (Å²) in [5.74, 6) is 0.933. The van der Waals surface area contributed by atoms with E-state index in [0.717, 1.165) is 39.7 Å². The van der Waals surface area contributed by atoms with Crippen molar-refractivity contribution in [1.29, 1.82) is 0 Å². The molecule has 1 fully saturated rings. The summed E-state index contributed by atoms with van der Waals surface area (Å²) in [5.41, 5.74) is 1.97. The molecular weight excluding hydrogens is 320 g/mol. The Morgan fingerprint density at radius 2 is 2.12 bits per heavy atom. The Labute approximate surface area is 147 Å². The fourth-order valence-corrected chi connectivity index (χ4v) is 4.20. The van der Waals surface area contributed by atoms with E-state index in [4.69, 9.17) is 4.74 Å². The molecular formula is C19H24N2O2S. The predicted molar refractivity (Wildman–Crippen MR) is 97.6 cm³/mol. The van der Waals surface area contributed by atoms with Crippen molar-refractivity contribution in [3.63, 3.8) is 0 Å². The van der Waals surface area contributed by atoms with Crippen molar-refractivity contribution in [2.24, 2.45) is 0 Å². The SMILES string of the molecule is COc1cccc(-c2nc(C)c(CC(=O)NC3CCCCC3)s2)c1. The number of nitrogens with zero attached hydrogens (tertiary/aromatic N) is 1. The van der Waals surface area contributed by atoms with E-state index < -0.39 is 0 Å². The summed E-state index contributed by atoms with van der Waals surface area (Å²) in [6.45, 7) is 1.98. The second kappa shape index (κ2) is 7.79. The number of hydrogen-bond donors (Lipinski definition) is 1. The van der Waals surface area contributed by atoms with Gasteiger partial charge >= 0.3 is 0 Å². The smallest absolute Gasteiger partial charge is 0.225 e. The lowest BCUT2D eigenvalue weighted by atomic mass is 9.95. The molecule has 0 bridgehead atoms. The van der Waals surface area contributed by atoms with Crippen LogP contribution in [0.25, 0.3) is 10.6 Å². The average molecular weight is 344 g/mol. The molecule has 3 rings (SSSR count). The van der Waals surface area contributed by atoms with Gasteiger partial charge in [0.15, 0.2) is 0 Å². The molecule has 2 aromatic rings. The van der Waals surface area contributed by atoms with Crippen LogP contribution in [0.2, 0.25) is 0 Å². The van der Waals surface area contributed by atoms with Crippen LogP contribution in [-0.2, 0) is 11.2 Å². The lowest BCUT2D eigenvalue weighted by Crippen LogP contribution is -2.37. The zero-order valence-electron chi connectivity index (χ0n) is 14.3. The molecule has 1 aromatic carbocycles. The molecule has 1 aliphatic rings. The Morgan fingerprint density at radius 1 is 1.33 bits per heavy atom. The first-order valence-electron chi connectivity index (χ1n) is 8.56. The quantitative estimate of drug-likeness (QED) is 0.888. The number of carbonyl (C=O) groups is 1. The zero-order chi connectivity index (χ0) is 16.9. The van der Waals surface area contributed by atoms with Crippen molar-refractivity contribution in [3.8, 4) is 16.3 Å². The number of rotatable bonds is 5. The van der Waals surface area contributed by atoms with Crippen molar-refractivity contribution in [3.05, 3.63) is 34.8 Å². The van der Waals surface area contributed by atoms with Crippen LogP contribution in [0.3, 0.4) is 0 Å². The van der Waals surface area contributed by atoms with Gasteiger partial charge in [-0.3, -0.25) is 4.79 Å². The highest BCUT2D eigenvalue weighted by Gasteiger charge is 2.18. The molecule has 4 nitrogen and oxygen atoms in total. The van der Waals surface area contributed by atoms with Gasteiger partial charge in [0, 0.05) is 16.5 Å². The van der Waals surface area contributed by atoms with E-state index in [9.17, 15) is 4.79 Å². The molecule has 0 atom stereocenters. The van der Waals surface area contributed by atoms with Crippen LogP contribution in [-0.4, -0.2) is 24.0 Å². The van der Waals surface area contributed by atoms with Crippen LogP contribution in [0, 0.1) is 6.92 Å². The molecule has 0 spiro atoms. The number of aromatic nitrogens is 1. The molecule has 24 heavy (non-hydrogen) atoms. The third-order valence-corrected chi connectivity index (χ3v) is 5.71. The molecule has 0 saturated heterocycles. The minimum atomic E-state index is 0.117. The minimum Gasteiger partial charge on any atom is -0.497 e. The Balaban J connectivity index is 1.68. The highest BCUT2D eigenvalue weighted by molar-refractivity contribution is 7.15. The van der Waals surface area contributed by atoms with Gasteiger partial charge < -0.3 is 10.1 Å². The normalized spacial score (nSPS) is 15.2. The van der Waals surface area contributed by atoms with E-state index in [0.29, 0.717) is 12.5 Å².